The van der Waals surface area contributed by atoms with E-state index in [1.54, 1.807) is 12.1 Å². The van der Waals surface area contributed by atoms with Crippen LogP contribution in [0.4, 0.5) is 4.39 Å². The monoisotopic (exact) mass is 446 g/mol. The molecule has 4 atom stereocenters. The Morgan fingerprint density at radius 1 is 0.788 bits per heavy atom. The van der Waals surface area contributed by atoms with Crippen molar-refractivity contribution in [3.05, 3.63) is 113 Å². The fraction of sp³-hybridized carbons (Fsp3) is 0.310. The van der Waals surface area contributed by atoms with Crippen molar-refractivity contribution in [2.75, 3.05) is 0 Å². The fourth-order valence-electron chi connectivity index (χ4n) is 4.27. The third-order valence-corrected chi connectivity index (χ3v) is 6.14. The second-order valence-electron chi connectivity index (χ2n) is 8.45. The Bertz CT molecular complexity index is 1020. The molecule has 3 aromatic carbocycles. The zero-order valence-electron chi connectivity index (χ0n) is 19.2. The first-order chi connectivity index (χ1) is 16.2. The lowest BCUT2D eigenvalue weighted by Crippen LogP contribution is -2.49. The smallest absolute Gasteiger partial charge is 0.170 e. The number of rotatable bonds is 8. The lowest BCUT2D eigenvalue weighted by molar-refractivity contribution is -0.167. The van der Waals surface area contributed by atoms with Gasteiger partial charge in [-0.15, -0.1) is 0 Å². The molecule has 1 heterocycles. The summed E-state index contributed by atoms with van der Waals surface area (Å²) in [5, 5.41) is 0. The first-order valence-electron chi connectivity index (χ1n) is 11.6. The molecule has 1 aliphatic heterocycles. The molecule has 4 heteroatoms. The minimum absolute atomic E-state index is 0.0341. The van der Waals surface area contributed by atoms with E-state index in [2.05, 4.69) is 13.8 Å². The highest BCUT2D eigenvalue weighted by atomic mass is 19.1. The maximum atomic E-state index is 15.8. The SMILES string of the molecule is CC[C@H]1O/C(=C(\F)c2ccccc2)C(OCc2ccccc2)C(OCc2ccccc2)[C@@H]1C. The average Bonchev–Trinajstić information content (AvgIpc) is 2.88. The molecule has 0 aliphatic carbocycles. The van der Waals surface area contributed by atoms with Gasteiger partial charge < -0.3 is 14.2 Å². The highest BCUT2D eigenvalue weighted by Crippen LogP contribution is 2.38. The van der Waals surface area contributed by atoms with Gasteiger partial charge in [0.15, 0.2) is 11.6 Å². The molecule has 0 saturated carbocycles. The van der Waals surface area contributed by atoms with Crippen LogP contribution in [0.3, 0.4) is 0 Å². The molecular formula is C29H31FO3. The molecule has 1 saturated heterocycles. The molecule has 0 N–H and O–H groups in total. The molecule has 3 aromatic rings. The van der Waals surface area contributed by atoms with Gasteiger partial charge in [0.25, 0.3) is 0 Å². The molecule has 0 bridgehead atoms. The van der Waals surface area contributed by atoms with Crippen molar-refractivity contribution >= 4 is 5.83 Å². The van der Waals surface area contributed by atoms with Gasteiger partial charge in [-0.1, -0.05) is 105 Å². The van der Waals surface area contributed by atoms with E-state index in [4.69, 9.17) is 14.2 Å². The lowest BCUT2D eigenvalue weighted by atomic mass is 9.87. The van der Waals surface area contributed by atoms with Gasteiger partial charge in [0, 0.05) is 11.5 Å². The van der Waals surface area contributed by atoms with Gasteiger partial charge in [-0.25, -0.2) is 4.39 Å². The van der Waals surface area contributed by atoms with Gasteiger partial charge >= 0.3 is 0 Å². The summed E-state index contributed by atoms with van der Waals surface area (Å²) in [4.78, 5) is 0. The number of benzene rings is 3. The summed E-state index contributed by atoms with van der Waals surface area (Å²) in [7, 11) is 0. The first-order valence-corrected chi connectivity index (χ1v) is 11.6. The predicted octanol–water partition coefficient (Wildman–Crippen LogP) is 6.94. The Hall–Kier alpha value is -2.95. The zero-order valence-corrected chi connectivity index (χ0v) is 19.2. The Kier molecular flexibility index (Phi) is 7.92. The van der Waals surface area contributed by atoms with E-state index in [9.17, 15) is 0 Å². The molecular weight excluding hydrogens is 415 g/mol. The van der Waals surface area contributed by atoms with Crippen LogP contribution in [0.15, 0.2) is 96.8 Å². The molecule has 33 heavy (non-hydrogen) atoms. The molecule has 0 spiro atoms. The van der Waals surface area contributed by atoms with Crippen LogP contribution in [0.5, 0.6) is 0 Å². The molecule has 0 amide bonds. The van der Waals surface area contributed by atoms with Crippen LogP contribution in [-0.4, -0.2) is 18.3 Å². The molecule has 172 valence electrons. The summed E-state index contributed by atoms with van der Waals surface area (Å²) in [6, 6.07) is 28.9. The van der Waals surface area contributed by atoms with E-state index in [1.165, 1.54) is 0 Å². The van der Waals surface area contributed by atoms with Crippen LogP contribution in [0.2, 0.25) is 0 Å². The summed E-state index contributed by atoms with van der Waals surface area (Å²) in [6.45, 7) is 4.92. The van der Waals surface area contributed by atoms with Crippen LogP contribution in [0, 0.1) is 5.92 Å². The normalized spacial score (nSPS) is 24.2. The third-order valence-electron chi connectivity index (χ3n) is 6.14. The third kappa shape index (κ3) is 5.70. The zero-order chi connectivity index (χ0) is 23.0. The first kappa shape index (κ1) is 23.2. The van der Waals surface area contributed by atoms with E-state index in [1.807, 2.05) is 78.9 Å². The largest absolute Gasteiger partial charge is 0.488 e. The number of hydrogen-bond acceptors (Lipinski definition) is 3. The second-order valence-corrected chi connectivity index (χ2v) is 8.45. The van der Waals surface area contributed by atoms with Crippen molar-refractivity contribution in [1.29, 1.82) is 0 Å². The highest BCUT2D eigenvalue weighted by molar-refractivity contribution is 5.62. The average molecular weight is 447 g/mol. The Morgan fingerprint density at radius 2 is 1.30 bits per heavy atom. The van der Waals surface area contributed by atoms with Crippen LogP contribution in [0.25, 0.3) is 5.83 Å². The minimum atomic E-state index is -0.660. The van der Waals surface area contributed by atoms with Crippen LogP contribution < -0.4 is 0 Å². The van der Waals surface area contributed by atoms with Crippen LogP contribution in [0.1, 0.15) is 37.0 Å². The maximum absolute atomic E-state index is 15.8. The molecule has 0 radical (unpaired) electrons. The van der Waals surface area contributed by atoms with Crippen LogP contribution >= 0.6 is 0 Å². The van der Waals surface area contributed by atoms with Crippen LogP contribution in [-0.2, 0) is 27.4 Å². The van der Waals surface area contributed by atoms with Gasteiger partial charge in [0.2, 0.25) is 0 Å². The van der Waals surface area contributed by atoms with Gasteiger partial charge in [-0.3, -0.25) is 0 Å². The molecule has 4 rings (SSSR count). The van der Waals surface area contributed by atoms with Crippen molar-refractivity contribution in [2.45, 2.75) is 51.8 Å². The van der Waals surface area contributed by atoms with Gasteiger partial charge in [0.1, 0.15) is 12.2 Å². The van der Waals surface area contributed by atoms with Crippen molar-refractivity contribution < 1.29 is 18.6 Å². The van der Waals surface area contributed by atoms with Crippen molar-refractivity contribution in [1.82, 2.24) is 0 Å². The molecule has 0 aromatic heterocycles. The molecule has 2 unspecified atom stereocenters. The molecule has 3 nitrogen and oxygen atoms in total. The summed E-state index contributed by atoms with van der Waals surface area (Å²) in [6.07, 6.45) is -0.417. The Labute approximate surface area is 195 Å². The Balaban J connectivity index is 1.67. The summed E-state index contributed by atoms with van der Waals surface area (Å²) in [5.41, 5.74) is 2.57. The molecule has 1 aliphatic rings. The van der Waals surface area contributed by atoms with Gasteiger partial charge in [0.05, 0.1) is 19.3 Å². The summed E-state index contributed by atoms with van der Waals surface area (Å²) >= 11 is 0. The van der Waals surface area contributed by atoms with E-state index >= 15 is 4.39 Å². The minimum Gasteiger partial charge on any atom is -0.488 e. The van der Waals surface area contributed by atoms with Crippen molar-refractivity contribution in [3.63, 3.8) is 0 Å². The predicted molar refractivity (Wildman–Crippen MR) is 129 cm³/mol. The quantitative estimate of drug-likeness (QED) is 0.375. The number of hydrogen-bond donors (Lipinski definition) is 0. The van der Waals surface area contributed by atoms with Crippen molar-refractivity contribution in [3.8, 4) is 0 Å². The fourth-order valence-corrected chi connectivity index (χ4v) is 4.27. The Morgan fingerprint density at radius 3 is 1.85 bits per heavy atom. The molecule has 1 fully saturated rings. The number of ether oxygens (including phenoxy) is 3. The van der Waals surface area contributed by atoms with E-state index in [0.29, 0.717) is 18.8 Å². The number of halogens is 1. The van der Waals surface area contributed by atoms with Crippen molar-refractivity contribution in [2.24, 2.45) is 5.92 Å². The standard InChI is InChI=1S/C29H31FO3/c1-3-25-21(2)27(31-19-22-13-7-4-8-14-22)29(32-20-23-15-9-5-10-16-23)28(33-25)26(30)24-17-11-6-12-18-24/h4-18,21,25,27,29H,3,19-20H2,1-2H3/b28-26-/t21-,25-,27?,29?/m1/s1. The van der Waals surface area contributed by atoms with E-state index < -0.39 is 11.9 Å². The van der Waals surface area contributed by atoms with Gasteiger partial charge in [-0.2, -0.15) is 0 Å². The summed E-state index contributed by atoms with van der Waals surface area (Å²) in [5.74, 6) is -0.140. The van der Waals surface area contributed by atoms with E-state index in [-0.39, 0.29) is 23.9 Å². The lowest BCUT2D eigenvalue weighted by Gasteiger charge is -2.42. The van der Waals surface area contributed by atoms with E-state index in [0.717, 1.165) is 17.5 Å². The second kappa shape index (κ2) is 11.3. The van der Waals surface area contributed by atoms with Gasteiger partial charge in [-0.05, 0) is 17.5 Å². The highest BCUT2D eigenvalue weighted by Gasteiger charge is 2.44. The maximum Gasteiger partial charge on any atom is 0.170 e. The topological polar surface area (TPSA) is 27.7 Å². The summed E-state index contributed by atoms with van der Waals surface area (Å²) < 4.78 is 34.8.